The van der Waals surface area contributed by atoms with Gasteiger partial charge in [0, 0.05) is 18.2 Å². The first-order valence-electron chi connectivity index (χ1n) is 4.75. The molecule has 1 aromatic rings. The van der Waals surface area contributed by atoms with Gasteiger partial charge in [0.1, 0.15) is 5.69 Å². The maximum Gasteiger partial charge on any atom is 0.490 e. The van der Waals surface area contributed by atoms with Gasteiger partial charge < -0.3 is 15.4 Å². The first-order chi connectivity index (χ1) is 7.15. The molecule has 1 heterocycles. The third-order valence-corrected chi connectivity index (χ3v) is 1.85. The number of amides is 1. The molecule has 1 rings (SSSR count). The smallest absolute Gasteiger partial charge is 0.423 e. The van der Waals surface area contributed by atoms with Gasteiger partial charge in [0.25, 0.3) is 5.91 Å². The molecule has 6 heteroatoms. The van der Waals surface area contributed by atoms with Crippen molar-refractivity contribution >= 4 is 18.5 Å². The van der Waals surface area contributed by atoms with Gasteiger partial charge in [-0.3, -0.25) is 9.78 Å². The van der Waals surface area contributed by atoms with Crippen LogP contribution in [0.3, 0.4) is 0 Å². The molecule has 0 aliphatic rings. The lowest BCUT2D eigenvalue weighted by Gasteiger charge is -2.03. The summed E-state index contributed by atoms with van der Waals surface area (Å²) in [5.41, 5.74) is 0.537. The summed E-state index contributed by atoms with van der Waals surface area (Å²) in [6.45, 7) is 2.56. The minimum atomic E-state index is -1.55. The average Bonchev–Trinajstić information content (AvgIpc) is 2.26. The molecule has 0 aliphatic heterocycles. The lowest BCUT2D eigenvalue weighted by Crippen LogP contribution is -2.31. The first-order valence-corrected chi connectivity index (χ1v) is 4.75. The predicted molar refractivity (Wildman–Crippen MR) is 56.7 cm³/mol. The van der Waals surface area contributed by atoms with Crippen molar-refractivity contribution in [3.05, 3.63) is 24.0 Å². The quantitative estimate of drug-likeness (QED) is 0.548. The number of hydrogen-bond acceptors (Lipinski definition) is 4. The largest absolute Gasteiger partial charge is 0.490 e. The Morgan fingerprint density at radius 2 is 2.27 bits per heavy atom. The Morgan fingerprint density at radius 3 is 2.73 bits per heavy atom. The van der Waals surface area contributed by atoms with E-state index in [1.54, 1.807) is 0 Å². The number of nitrogens with zero attached hydrogens (tertiary/aromatic N) is 1. The average molecular weight is 208 g/mol. The van der Waals surface area contributed by atoms with Gasteiger partial charge >= 0.3 is 7.12 Å². The van der Waals surface area contributed by atoms with Crippen molar-refractivity contribution in [1.82, 2.24) is 10.3 Å². The molecule has 0 aromatic carbocycles. The maximum absolute atomic E-state index is 11.4. The van der Waals surface area contributed by atoms with E-state index in [0.29, 0.717) is 6.54 Å². The summed E-state index contributed by atoms with van der Waals surface area (Å²) in [7, 11) is -1.55. The summed E-state index contributed by atoms with van der Waals surface area (Å²) in [5.74, 6) is -0.254. The lowest BCUT2D eigenvalue weighted by molar-refractivity contribution is 0.0948. The topological polar surface area (TPSA) is 82.5 Å². The molecule has 5 nitrogen and oxygen atoms in total. The Morgan fingerprint density at radius 1 is 1.53 bits per heavy atom. The highest BCUT2D eigenvalue weighted by Gasteiger charge is 2.12. The number of carbonyl (C=O) groups excluding carboxylic acids is 1. The summed E-state index contributed by atoms with van der Waals surface area (Å²) >= 11 is 0. The second kappa shape index (κ2) is 5.48. The van der Waals surface area contributed by atoms with Crippen LogP contribution in [0.5, 0.6) is 0 Å². The normalized spacial score (nSPS) is 9.80. The van der Waals surface area contributed by atoms with E-state index >= 15 is 0 Å². The summed E-state index contributed by atoms with van der Waals surface area (Å²) in [6.07, 6.45) is 2.13. The molecule has 0 fully saturated rings. The molecule has 0 atom stereocenters. The van der Waals surface area contributed by atoms with Crippen molar-refractivity contribution in [2.24, 2.45) is 0 Å². The van der Waals surface area contributed by atoms with Gasteiger partial charge in [0.05, 0.1) is 0 Å². The van der Waals surface area contributed by atoms with Crippen LogP contribution in [-0.4, -0.2) is 34.6 Å². The fourth-order valence-corrected chi connectivity index (χ4v) is 1.02. The van der Waals surface area contributed by atoms with Gasteiger partial charge in [-0.2, -0.15) is 0 Å². The summed E-state index contributed by atoms with van der Waals surface area (Å²) in [4.78, 5) is 15.2. The minimum Gasteiger partial charge on any atom is -0.423 e. The number of rotatable bonds is 4. The van der Waals surface area contributed by atoms with Gasteiger partial charge in [-0.05, 0) is 12.5 Å². The fraction of sp³-hybridized carbons (Fsp3) is 0.333. The zero-order chi connectivity index (χ0) is 11.3. The molecule has 0 radical (unpaired) electrons. The van der Waals surface area contributed by atoms with Crippen molar-refractivity contribution in [2.75, 3.05) is 6.54 Å². The number of pyridine rings is 1. The van der Waals surface area contributed by atoms with Crippen LogP contribution in [0.1, 0.15) is 23.8 Å². The molecule has 0 saturated carbocycles. The SMILES string of the molecule is CCCNC(=O)c1ccc(B(O)O)cn1. The Labute approximate surface area is 88.3 Å². The van der Waals surface area contributed by atoms with Crippen LogP contribution in [0, 0.1) is 0 Å². The molecule has 0 aliphatic carbocycles. The molecule has 15 heavy (non-hydrogen) atoms. The monoisotopic (exact) mass is 208 g/mol. The van der Waals surface area contributed by atoms with Gasteiger partial charge in [-0.25, -0.2) is 0 Å². The van der Waals surface area contributed by atoms with Crippen LogP contribution in [0.25, 0.3) is 0 Å². The van der Waals surface area contributed by atoms with Crippen LogP contribution in [-0.2, 0) is 0 Å². The Bertz CT molecular complexity index is 327. The number of hydrogen-bond donors (Lipinski definition) is 3. The summed E-state index contributed by atoms with van der Waals surface area (Å²) in [5, 5.41) is 20.3. The molecule has 0 unspecified atom stereocenters. The van der Waals surface area contributed by atoms with Crippen molar-refractivity contribution in [3.63, 3.8) is 0 Å². The van der Waals surface area contributed by atoms with Gasteiger partial charge in [0.15, 0.2) is 0 Å². The second-order valence-electron chi connectivity index (χ2n) is 3.11. The minimum absolute atomic E-state index is 0.254. The zero-order valence-electron chi connectivity index (χ0n) is 8.47. The summed E-state index contributed by atoms with van der Waals surface area (Å²) in [6, 6.07) is 2.91. The van der Waals surface area contributed by atoms with E-state index in [-0.39, 0.29) is 17.1 Å². The van der Waals surface area contributed by atoms with Crippen LogP contribution >= 0.6 is 0 Å². The molecular weight excluding hydrogens is 195 g/mol. The number of carbonyl (C=O) groups is 1. The van der Waals surface area contributed by atoms with Crippen molar-refractivity contribution in [3.8, 4) is 0 Å². The lowest BCUT2D eigenvalue weighted by atomic mass is 9.82. The standard InChI is InChI=1S/C9H13BN2O3/c1-2-5-11-9(13)8-4-3-7(6-12-8)10(14)15/h3-4,6,14-15H,2,5H2,1H3,(H,11,13). The molecule has 0 spiro atoms. The van der Waals surface area contributed by atoms with Crippen molar-refractivity contribution in [2.45, 2.75) is 13.3 Å². The second-order valence-corrected chi connectivity index (χ2v) is 3.11. The Hall–Kier alpha value is -1.40. The molecule has 3 N–H and O–H groups in total. The van der Waals surface area contributed by atoms with E-state index < -0.39 is 7.12 Å². The van der Waals surface area contributed by atoms with E-state index in [0.717, 1.165) is 6.42 Å². The Balaban J connectivity index is 2.67. The van der Waals surface area contributed by atoms with E-state index in [2.05, 4.69) is 10.3 Å². The van der Waals surface area contributed by atoms with Crippen molar-refractivity contribution < 1.29 is 14.8 Å². The number of nitrogens with one attached hydrogen (secondary N) is 1. The van der Waals surface area contributed by atoms with Crippen LogP contribution in [0.4, 0.5) is 0 Å². The van der Waals surface area contributed by atoms with E-state index in [1.807, 2.05) is 6.92 Å². The highest BCUT2D eigenvalue weighted by molar-refractivity contribution is 6.58. The van der Waals surface area contributed by atoms with E-state index in [4.69, 9.17) is 10.0 Å². The highest BCUT2D eigenvalue weighted by Crippen LogP contribution is 1.92. The molecule has 0 saturated heterocycles. The maximum atomic E-state index is 11.4. The van der Waals surface area contributed by atoms with Crippen molar-refractivity contribution in [1.29, 1.82) is 0 Å². The van der Waals surface area contributed by atoms with Gasteiger partial charge in [-0.15, -0.1) is 0 Å². The first kappa shape index (κ1) is 11.7. The zero-order valence-corrected chi connectivity index (χ0v) is 8.47. The summed E-state index contributed by atoms with van der Waals surface area (Å²) < 4.78 is 0. The van der Waals surface area contributed by atoms with Gasteiger partial charge in [-0.1, -0.05) is 13.0 Å². The van der Waals surface area contributed by atoms with E-state index in [9.17, 15) is 4.79 Å². The van der Waals surface area contributed by atoms with Crippen LogP contribution in [0.2, 0.25) is 0 Å². The molecule has 0 bridgehead atoms. The molecule has 80 valence electrons. The van der Waals surface area contributed by atoms with Crippen LogP contribution < -0.4 is 10.8 Å². The number of aromatic nitrogens is 1. The third-order valence-electron chi connectivity index (χ3n) is 1.85. The predicted octanol–water partition coefficient (Wildman–Crippen LogP) is -1.10. The molecular formula is C9H13BN2O3. The third kappa shape index (κ3) is 3.34. The Kier molecular flexibility index (Phi) is 4.26. The van der Waals surface area contributed by atoms with Gasteiger partial charge in [0.2, 0.25) is 0 Å². The highest BCUT2D eigenvalue weighted by atomic mass is 16.4. The molecule has 1 amide bonds. The van der Waals surface area contributed by atoms with Crippen LogP contribution in [0.15, 0.2) is 18.3 Å². The molecule has 1 aromatic heterocycles. The van der Waals surface area contributed by atoms with E-state index in [1.165, 1.54) is 18.3 Å². The fourth-order valence-electron chi connectivity index (χ4n) is 1.02.